The Morgan fingerprint density at radius 2 is 1.83 bits per heavy atom. The smallest absolute Gasteiger partial charge is 0.181 e. The third kappa shape index (κ3) is 3.79. The van der Waals surface area contributed by atoms with Gasteiger partial charge in [0.1, 0.15) is 11.6 Å². The molecule has 1 heterocycles. The van der Waals surface area contributed by atoms with Crippen molar-refractivity contribution in [3.8, 4) is 17.1 Å². The van der Waals surface area contributed by atoms with Gasteiger partial charge in [0.2, 0.25) is 0 Å². The molecule has 0 unspecified atom stereocenters. The second-order valence-corrected chi connectivity index (χ2v) is 5.13. The van der Waals surface area contributed by atoms with Crippen LogP contribution in [0.15, 0.2) is 48.5 Å². The molecule has 0 aliphatic carbocycles. The molecule has 4 N–H and O–H groups in total. The maximum Gasteiger partial charge on any atom is 0.181 e. The zero-order valence-corrected chi connectivity index (χ0v) is 12.9. The molecule has 0 bridgehead atoms. The van der Waals surface area contributed by atoms with E-state index in [0.717, 1.165) is 41.5 Å². The Morgan fingerprint density at radius 3 is 2.52 bits per heavy atom. The third-order valence-electron chi connectivity index (χ3n) is 3.48. The number of rotatable bonds is 6. The largest absolute Gasteiger partial charge is 0.497 e. The van der Waals surface area contributed by atoms with Crippen molar-refractivity contribution in [2.45, 2.75) is 6.42 Å². The lowest BCUT2D eigenvalue weighted by Gasteiger charge is -2.05. The van der Waals surface area contributed by atoms with Crippen LogP contribution in [-0.2, 0) is 6.42 Å². The number of nitrogen functional groups attached to an aromatic ring is 1. The summed E-state index contributed by atoms with van der Waals surface area (Å²) < 4.78 is 5.14. The predicted molar refractivity (Wildman–Crippen MR) is 91.4 cm³/mol. The first kappa shape index (κ1) is 14.9. The van der Waals surface area contributed by atoms with Crippen molar-refractivity contribution in [2.24, 2.45) is 0 Å². The summed E-state index contributed by atoms with van der Waals surface area (Å²) in [5.41, 5.74) is 8.41. The number of anilines is 2. The first-order valence-corrected chi connectivity index (χ1v) is 7.40. The highest BCUT2D eigenvalue weighted by Crippen LogP contribution is 2.17. The van der Waals surface area contributed by atoms with Crippen LogP contribution < -0.4 is 15.8 Å². The first-order valence-electron chi connectivity index (χ1n) is 7.40. The Balaban J connectivity index is 1.55. The van der Waals surface area contributed by atoms with E-state index in [2.05, 4.69) is 20.5 Å². The van der Waals surface area contributed by atoms with E-state index in [0.29, 0.717) is 5.82 Å². The van der Waals surface area contributed by atoms with Gasteiger partial charge in [-0.05, 0) is 48.5 Å². The quantitative estimate of drug-likeness (QED) is 0.609. The molecule has 118 valence electrons. The minimum atomic E-state index is 0.685. The van der Waals surface area contributed by atoms with Gasteiger partial charge >= 0.3 is 0 Å². The number of aromatic nitrogens is 3. The Bertz CT molecular complexity index is 749. The summed E-state index contributed by atoms with van der Waals surface area (Å²) in [5, 5.41) is 10.6. The van der Waals surface area contributed by atoms with Gasteiger partial charge in [0.05, 0.1) is 7.11 Å². The Hall–Kier alpha value is -3.02. The molecule has 0 saturated carbocycles. The van der Waals surface area contributed by atoms with Gasteiger partial charge in [0.25, 0.3) is 0 Å². The highest BCUT2D eigenvalue weighted by atomic mass is 16.5. The van der Waals surface area contributed by atoms with Crippen LogP contribution in [0.4, 0.5) is 11.4 Å². The summed E-state index contributed by atoms with van der Waals surface area (Å²) in [6, 6.07) is 15.3. The average Bonchev–Trinajstić information content (AvgIpc) is 3.05. The van der Waals surface area contributed by atoms with Gasteiger partial charge in [0, 0.05) is 29.9 Å². The molecule has 0 spiro atoms. The SMILES string of the molecule is COc1ccc(NCCc2nc(-c3ccc(N)cc3)n[nH]2)cc1. The van der Waals surface area contributed by atoms with Crippen LogP contribution in [0.2, 0.25) is 0 Å². The highest BCUT2D eigenvalue weighted by molar-refractivity contribution is 5.58. The Kier molecular flexibility index (Phi) is 4.42. The number of nitrogens with one attached hydrogen (secondary N) is 2. The third-order valence-corrected chi connectivity index (χ3v) is 3.48. The van der Waals surface area contributed by atoms with E-state index in [9.17, 15) is 0 Å². The number of hydrogen-bond acceptors (Lipinski definition) is 5. The van der Waals surface area contributed by atoms with Crippen LogP contribution >= 0.6 is 0 Å². The van der Waals surface area contributed by atoms with Crippen LogP contribution in [0.1, 0.15) is 5.82 Å². The van der Waals surface area contributed by atoms with E-state index in [-0.39, 0.29) is 0 Å². The Morgan fingerprint density at radius 1 is 1.09 bits per heavy atom. The van der Waals surface area contributed by atoms with Crippen molar-refractivity contribution in [3.63, 3.8) is 0 Å². The van der Waals surface area contributed by atoms with Gasteiger partial charge < -0.3 is 15.8 Å². The molecule has 6 nitrogen and oxygen atoms in total. The van der Waals surface area contributed by atoms with E-state index < -0.39 is 0 Å². The molecule has 2 aromatic carbocycles. The molecular formula is C17H19N5O. The van der Waals surface area contributed by atoms with Crippen molar-refractivity contribution in [1.29, 1.82) is 0 Å². The van der Waals surface area contributed by atoms with E-state index in [1.807, 2.05) is 48.5 Å². The molecule has 0 radical (unpaired) electrons. The van der Waals surface area contributed by atoms with Gasteiger partial charge in [-0.1, -0.05) is 0 Å². The number of nitrogens with two attached hydrogens (primary N) is 1. The normalized spacial score (nSPS) is 10.5. The first-order chi connectivity index (χ1) is 11.2. The van der Waals surface area contributed by atoms with Crippen LogP contribution in [0, 0.1) is 0 Å². The van der Waals surface area contributed by atoms with Gasteiger partial charge in [-0.3, -0.25) is 5.10 Å². The van der Waals surface area contributed by atoms with E-state index in [1.165, 1.54) is 0 Å². The van der Waals surface area contributed by atoms with Crippen molar-refractivity contribution < 1.29 is 4.74 Å². The number of methoxy groups -OCH3 is 1. The summed E-state index contributed by atoms with van der Waals surface area (Å²) in [4.78, 5) is 4.50. The number of aromatic amines is 1. The summed E-state index contributed by atoms with van der Waals surface area (Å²) in [7, 11) is 1.66. The van der Waals surface area contributed by atoms with E-state index >= 15 is 0 Å². The minimum Gasteiger partial charge on any atom is -0.497 e. The lowest BCUT2D eigenvalue weighted by molar-refractivity contribution is 0.415. The number of hydrogen-bond donors (Lipinski definition) is 3. The molecule has 0 aliphatic heterocycles. The molecule has 23 heavy (non-hydrogen) atoms. The van der Waals surface area contributed by atoms with Crippen LogP contribution in [0.5, 0.6) is 5.75 Å². The number of ether oxygens (including phenoxy) is 1. The zero-order chi connectivity index (χ0) is 16.1. The molecule has 3 rings (SSSR count). The van der Waals surface area contributed by atoms with E-state index in [4.69, 9.17) is 10.5 Å². The monoisotopic (exact) mass is 309 g/mol. The maximum atomic E-state index is 5.68. The van der Waals surface area contributed by atoms with Gasteiger partial charge in [-0.2, -0.15) is 5.10 Å². The van der Waals surface area contributed by atoms with Crippen LogP contribution in [0.25, 0.3) is 11.4 Å². The van der Waals surface area contributed by atoms with Crippen molar-refractivity contribution in [3.05, 3.63) is 54.4 Å². The lowest BCUT2D eigenvalue weighted by atomic mass is 10.2. The number of benzene rings is 2. The molecule has 0 fully saturated rings. The fraction of sp³-hybridized carbons (Fsp3) is 0.176. The number of H-pyrrole nitrogens is 1. The van der Waals surface area contributed by atoms with Gasteiger partial charge in [-0.15, -0.1) is 0 Å². The minimum absolute atomic E-state index is 0.685. The standard InChI is InChI=1S/C17H19N5O/c1-23-15-8-6-14(7-9-15)19-11-10-16-20-17(22-21-16)12-2-4-13(18)5-3-12/h2-9,19H,10-11,18H2,1H3,(H,20,21,22). The van der Waals surface area contributed by atoms with Crippen molar-refractivity contribution >= 4 is 11.4 Å². The fourth-order valence-corrected chi connectivity index (χ4v) is 2.20. The second-order valence-electron chi connectivity index (χ2n) is 5.13. The van der Waals surface area contributed by atoms with Gasteiger partial charge in [-0.25, -0.2) is 4.98 Å². The summed E-state index contributed by atoms with van der Waals surface area (Å²) in [5.74, 6) is 2.38. The predicted octanol–water partition coefficient (Wildman–Crippen LogP) is 2.72. The summed E-state index contributed by atoms with van der Waals surface area (Å²) >= 11 is 0. The maximum absolute atomic E-state index is 5.68. The molecule has 0 saturated heterocycles. The van der Waals surface area contributed by atoms with Gasteiger partial charge in [0.15, 0.2) is 5.82 Å². The molecule has 0 amide bonds. The average molecular weight is 309 g/mol. The topological polar surface area (TPSA) is 88.8 Å². The molecule has 0 atom stereocenters. The number of nitrogens with zero attached hydrogens (tertiary/aromatic N) is 2. The second kappa shape index (κ2) is 6.83. The summed E-state index contributed by atoms with van der Waals surface area (Å²) in [6.45, 7) is 0.767. The molecule has 0 aliphatic rings. The summed E-state index contributed by atoms with van der Waals surface area (Å²) in [6.07, 6.45) is 0.758. The highest BCUT2D eigenvalue weighted by Gasteiger charge is 2.05. The van der Waals surface area contributed by atoms with Crippen molar-refractivity contribution in [2.75, 3.05) is 24.7 Å². The molecular weight excluding hydrogens is 290 g/mol. The molecule has 6 heteroatoms. The van der Waals surface area contributed by atoms with Crippen LogP contribution in [0.3, 0.4) is 0 Å². The Labute approximate surface area is 134 Å². The molecule has 1 aromatic heterocycles. The van der Waals surface area contributed by atoms with Crippen LogP contribution in [-0.4, -0.2) is 28.8 Å². The zero-order valence-electron chi connectivity index (χ0n) is 12.9. The van der Waals surface area contributed by atoms with E-state index in [1.54, 1.807) is 7.11 Å². The lowest BCUT2D eigenvalue weighted by Crippen LogP contribution is -2.05. The molecule has 3 aromatic rings. The fourth-order valence-electron chi connectivity index (χ4n) is 2.20. The van der Waals surface area contributed by atoms with Crippen molar-refractivity contribution in [1.82, 2.24) is 15.2 Å².